The first-order chi connectivity index (χ1) is 7.45. The topological polar surface area (TPSA) is 63.4 Å². The zero-order valence-corrected chi connectivity index (χ0v) is 11.6. The summed E-state index contributed by atoms with van der Waals surface area (Å²) in [6, 6.07) is 0. The maximum atomic E-state index is 11.3. The zero-order valence-electron chi connectivity index (χ0n) is 10.8. The normalized spacial score (nSPS) is 14.3. The van der Waals surface area contributed by atoms with E-state index in [-0.39, 0.29) is 5.75 Å². The lowest BCUT2D eigenvalue weighted by Crippen LogP contribution is -2.33. The molecule has 0 aliphatic rings. The molecular weight excluding hydrogens is 224 g/mol. The molecule has 98 valence electrons. The van der Waals surface area contributed by atoms with Crippen LogP contribution in [-0.4, -0.2) is 51.0 Å². The fraction of sp³-hybridized carbons (Fsp3) is 1.00. The predicted octanol–water partition coefficient (Wildman–Crippen LogP) is 0.728. The van der Waals surface area contributed by atoms with Crippen molar-refractivity contribution in [3.8, 4) is 0 Å². The summed E-state index contributed by atoms with van der Waals surface area (Å²) >= 11 is 0. The van der Waals surface area contributed by atoms with Crippen molar-refractivity contribution in [2.45, 2.75) is 27.2 Å². The third-order valence-electron chi connectivity index (χ3n) is 2.79. The van der Waals surface area contributed by atoms with Gasteiger partial charge in [0.2, 0.25) is 0 Å². The second kappa shape index (κ2) is 8.03. The highest BCUT2D eigenvalue weighted by molar-refractivity contribution is 7.91. The molecule has 5 heteroatoms. The maximum absolute atomic E-state index is 11.3. The van der Waals surface area contributed by atoms with E-state index in [4.69, 9.17) is 5.73 Å². The lowest BCUT2D eigenvalue weighted by molar-refractivity contribution is 0.252. The smallest absolute Gasteiger partial charge is 0.150 e. The Kier molecular flexibility index (Phi) is 7.97. The van der Waals surface area contributed by atoms with E-state index in [2.05, 4.69) is 18.7 Å². The minimum Gasteiger partial charge on any atom is -0.330 e. The van der Waals surface area contributed by atoms with E-state index in [0.717, 1.165) is 26.1 Å². The molecule has 0 saturated carbocycles. The molecule has 0 rings (SSSR count). The van der Waals surface area contributed by atoms with Crippen molar-refractivity contribution in [3.05, 3.63) is 0 Å². The Labute approximate surface area is 100 Å². The summed E-state index contributed by atoms with van der Waals surface area (Å²) in [4.78, 5) is 2.27. The first-order valence-corrected chi connectivity index (χ1v) is 7.90. The second-order valence-electron chi connectivity index (χ2n) is 4.32. The van der Waals surface area contributed by atoms with Gasteiger partial charge in [-0.05, 0) is 32.0 Å². The largest absolute Gasteiger partial charge is 0.330 e. The summed E-state index contributed by atoms with van der Waals surface area (Å²) in [6.07, 6.45) is 0.724. The van der Waals surface area contributed by atoms with E-state index in [1.54, 1.807) is 6.92 Å². The minimum absolute atomic E-state index is 0.248. The molecule has 16 heavy (non-hydrogen) atoms. The Bertz CT molecular complexity index is 265. The van der Waals surface area contributed by atoms with Crippen molar-refractivity contribution < 1.29 is 8.42 Å². The highest BCUT2D eigenvalue weighted by atomic mass is 32.2. The molecule has 1 unspecified atom stereocenters. The Morgan fingerprint density at radius 2 is 1.94 bits per heavy atom. The van der Waals surface area contributed by atoms with Crippen molar-refractivity contribution in [1.82, 2.24) is 4.90 Å². The summed E-state index contributed by atoms with van der Waals surface area (Å²) < 4.78 is 22.6. The molecule has 0 fully saturated rings. The molecule has 4 nitrogen and oxygen atoms in total. The van der Waals surface area contributed by atoms with E-state index in [0.29, 0.717) is 18.2 Å². The van der Waals surface area contributed by atoms with E-state index < -0.39 is 9.84 Å². The average molecular weight is 250 g/mol. The Hall–Kier alpha value is -0.130. The minimum atomic E-state index is -2.81. The van der Waals surface area contributed by atoms with E-state index >= 15 is 0 Å². The molecule has 0 aromatic carbocycles. The van der Waals surface area contributed by atoms with Gasteiger partial charge >= 0.3 is 0 Å². The summed E-state index contributed by atoms with van der Waals surface area (Å²) in [5.41, 5.74) is 5.57. The monoisotopic (exact) mass is 250 g/mol. The Balaban J connectivity index is 3.88. The van der Waals surface area contributed by atoms with E-state index in [1.807, 2.05) is 0 Å². The molecule has 0 spiro atoms. The van der Waals surface area contributed by atoms with Crippen molar-refractivity contribution in [2.75, 3.05) is 37.7 Å². The molecule has 1 atom stereocenters. The van der Waals surface area contributed by atoms with Gasteiger partial charge in [-0.3, -0.25) is 0 Å². The molecule has 0 amide bonds. The Morgan fingerprint density at radius 1 is 1.31 bits per heavy atom. The van der Waals surface area contributed by atoms with Crippen LogP contribution >= 0.6 is 0 Å². The van der Waals surface area contributed by atoms with E-state index in [1.165, 1.54) is 0 Å². The van der Waals surface area contributed by atoms with Gasteiger partial charge < -0.3 is 10.6 Å². The predicted molar refractivity (Wildman–Crippen MR) is 69.3 cm³/mol. The van der Waals surface area contributed by atoms with Crippen LogP contribution in [0.5, 0.6) is 0 Å². The summed E-state index contributed by atoms with van der Waals surface area (Å²) in [7, 11) is -2.81. The third-order valence-corrected chi connectivity index (χ3v) is 4.58. The number of hydrogen-bond acceptors (Lipinski definition) is 4. The molecule has 0 aromatic rings. The molecule has 2 N–H and O–H groups in total. The van der Waals surface area contributed by atoms with Gasteiger partial charge in [-0.25, -0.2) is 8.42 Å². The van der Waals surface area contributed by atoms with Gasteiger partial charge in [-0.2, -0.15) is 0 Å². The van der Waals surface area contributed by atoms with Crippen LogP contribution in [0.4, 0.5) is 0 Å². The molecule has 0 aliphatic heterocycles. The van der Waals surface area contributed by atoms with Crippen LogP contribution in [0.2, 0.25) is 0 Å². The first kappa shape index (κ1) is 15.9. The highest BCUT2D eigenvalue weighted by Crippen LogP contribution is 2.01. The Morgan fingerprint density at radius 3 is 2.38 bits per heavy atom. The number of rotatable bonds is 9. The van der Waals surface area contributed by atoms with Crippen molar-refractivity contribution >= 4 is 9.84 Å². The fourth-order valence-electron chi connectivity index (χ4n) is 1.55. The van der Waals surface area contributed by atoms with Gasteiger partial charge in [0.15, 0.2) is 0 Å². The van der Waals surface area contributed by atoms with Crippen LogP contribution < -0.4 is 5.73 Å². The van der Waals surface area contributed by atoms with Gasteiger partial charge in [0, 0.05) is 12.3 Å². The molecule has 0 aromatic heterocycles. The van der Waals surface area contributed by atoms with Gasteiger partial charge in [0.05, 0.1) is 5.75 Å². The first-order valence-electron chi connectivity index (χ1n) is 6.08. The molecule has 0 aliphatic carbocycles. The van der Waals surface area contributed by atoms with Crippen molar-refractivity contribution in [3.63, 3.8) is 0 Å². The van der Waals surface area contributed by atoms with Crippen LogP contribution in [0.15, 0.2) is 0 Å². The van der Waals surface area contributed by atoms with Gasteiger partial charge in [0.1, 0.15) is 9.84 Å². The number of nitrogens with zero attached hydrogens (tertiary/aromatic N) is 1. The van der Waals surface area contributed by atoms with Crippen LogP contribution in [-0.2, 0) is 9.84 Å². The van der Waals surface area contributed by atoms with Gasteiger partial charge in [-0.15, -0.1) is 0 Å². The number of sulfone groups is 1. The standard InChI is InChI=1S/C11H26N2O2S/c1-4-13(10-11(3)9-12)7-6-8-16(14,15)5-2/h11H,4-10,12H2,1-3H3. The summed E-state index contributed by atoms with van der Waals surface area (Å²) in [6.45, 7) is 9.35. The SMILES string of the molecule is CCN(CCCS(=O)(=O)CC)CC(C)CN. The average Bonchev–Trinajstić information content (AvgIpc) is 2.27. The molecular formula is C11H26N2O2S. The highest BCUT2D eigenvalue weighted by Gasteiger charge is 2.10. The summed E-state index contributed by atoms with van der Waals surface area (Å²) in [5, 5.41) is 0. The lowest BCUT2D eigenvalue weighted by Gasteiger charge is -2.23. The number of hydrogen-bond donors (Lipinski definition) is 1. The van der Waals surface area contributed by atoms with Gasteiger partial charge in [-0.1, -0.05) is 20.8 Å². The quantitative estimate of drug-likeness (QED) is 0.655. The van der Waals surface area contributed by atoms with Crippen LogP contribution in [0.25, 0.3) is 0 Å². The number of nitrogens with two attached hydrogens (primary N) is 1. The molecule has 0 radical (unpaired) electrons. The summed E-state index contributed by atoms with van der Waals surface area (Å²) in [5.74, 6) is 1.03. The van der Waals surface area contributed by atoms with Crippen LogP contribution in [0.3, 0.4) is 0 Å². The zero-order chi connectivity index (χ0) is 12.6. The van der Waals surface area contributed by atoms with Crippen molar-refractivity contribution in [1.29, 1.82) is 0 Å². The fourth-order valence-corrected chi connectivity index (χ4v) is 2.40. The molecule has 0 saturated heterocycles. The maximum Gasteiger partial charge on any atom is 0.150 e. The third kappa shape index (κ3) is 7.19. The van der Waals surface area contributed by atoms with Crippen LogP contribution in [0, 0.1) is 5.92 Å². The lowest BCUT2D eigenvalue weighted by atomic mass is 10.1. The molecule has 0 bridgehead atoms. The molecule has 0 heterocycles. The van der Waals surface area contributed by atoms with Crippen molar-refractivity contribution in [2.24, 2.45) is 11.7 Å². The second-order valence-corrected chi connectivity index (χ2v) is 6.80. The van der Waals surface area contributed by atoms with E-state index in [9.17, 15) is 8.42 Å². The van der Waals surface area contributed by atoms with Gasteiger partial charge in [0.25, 0.3) is 0 Å². The van der Waals surface area contributed by atoms with Crippen LogP contribution in [0.1, 0.15) is 27.2 Å².